The molecule has 0 aliphatic carbocycles. The molecule has 2 aromatic carbocycles. The molecule has 26 heavy (non-hydrogen) atoms. The van der Waals surface area contributed by atoms with Crippen molar-refractivity contribution in [3.05, 3.63) is 69.3 Å². The lowest BCUT2D eigenvalue weighted by molar-refractivity contribution is -0.384. The van der Waals surface area contributed by atoms with Crippen LogP contribution in [0.1, 0.15) is 44.9 Å². The molecular formula is C18H16N2O6. The van der Waals surface area contributed by atoms with Crippen LogP contribution in [0.3, 0.4) is 0 Å². The number of hydrogen-bond donors (Lipinski definition) is 2. The van der Waals surface area contributed by atoms with Gasteiger partial charge in [0.25, 0.3) is 11.6 Å². The molecule has 2 rings (SSSR count). The molecule has 0 atom stereocenters. The van der Waals surface area contributed by atoms with Crippen molar-refractivity contribution in [3.63, 3.8) is 0 Å². The number of non-ortho nitro benzene ring substituents is 1. The van der Waals surface area contributed by atoms with E-state index < -0.39 is 22.7 Å². The number of nitro groups is 1. The molecule has 0 saturated heterocycles. The molecule has 0 bridgehead atoms. The maximum atomic E-state index is 12.5. The molecule has 0 fully saturated rings. The third-order valence-corrected chi connectivity index (χ3v) is 3.65. The van der Waals surface area contributed by atoms with Gasteiger partial charge in [0.15, 0.2) is 5.78 Å². The Hall–Kier alpha value is -3.55. The number of anilines is 1. The van der Waals surface area contributed by atoms with Gasteiger partial charge in [0.2, 0.25) is 0 Å². The summed E-state index contributed by atoms with van der Waals surface area (Å²) in [6.07, 6.45) is 0. The summed E-state index contributed by atoms with van der Waals surface area (Å²) in [6.45, 7) is 3.26. The molecule has 0 aliphatic rings. The standard InChI is InChI=1S/C18H16N2O6/c1-10(2)16(21)14-9-11(20(25)26)7-8-15(14)19-17(22)12-5-3-4-6-13(12)18(23)24/h3-10H,1-2H3,(H,19,22)(H,23,24). The summed E-state index contributed by atoms with van der Waals surface area (Å²) >= 11 is 0. The maximum Gasteiger partial charge on any atom is 0.336 e. The number of aromatic carboxylic acids is 1. The van der Waals surface area contributed by atoms with Crippen LogP contribution in [0, 0.1) is 16.0 Å². The number of rotatable bonds is 6. The van der Waals surface area contributed by atoms with Gasteiger partial charge in [-0.15, -0.1) is 0 Å². The van der Waals surface area contributed by atoms with Gasteiger partial charge in [-0.05, 0) is 18.2 Å². The van der Waals surface area contributed by atoms with Crippen LogP contribution in [0.15, 0.2) is 42.5 Å². The Morgan fingerprint density at radius 2 is 1.65 bits per heavy atom. The molecule has 2 N–H and O–H groups in total. The van der Waals surface area contributed by atoms with Crippen molar-refractivity contribution in [3.8, 4) is 0 Å². The molecule has 0 saturated carbocycles. The Labute approximate surface area is 148 Å². The zero-order valence-electron chi connectivity index (χ0n) is 14.1. The number of carbonyl (C=O) groups excluding carboxylic acids is 2. The summed E-state index contributed by atoms with van der Waals surface area (Å²) in [5, 5.41) is 22.6. The average Bonchev–Trinajstić information content (AvgIpc) is 2.60. The highest BCUT2D eigenvalue weighted by atomic mass is 16.6. The van der Waals surface area contributed by atoms with E-state index in [-0.39, 0.29) is 33.8 Å². The zero-order valence-corrected chi connectivity index (χ0v) is 14.1. The van der Waals surface area contributed by atoms with Crippen molar-refractivity contribution < 1.29 is 24.4 Å². The number of hydrogen-bond acceptors (Lipinski definition) is 5. The fraction of sp³-hybridized carbons (Fsp3) is 0.167. The number of Topliss-reactive ketones (excluding diaryl/α,β-unsaturated/α-hetero) is 1. The summed E-state index contributed by atoms with van der Waals surface area (Å²) in [7, 11) is 0. The number of carboxylic acid groups (broad SMARTS) is 1. The summed E-state index contributed by atoms with van der Waals surface area (Å²) in [4.78, 5) is 46.4. The highest BCUT2D eigenvalue weighted by molar-refractivity contribution is 6.13. The van der Waals surface area contributed by atoms with Gasteiger partial charge in [-0.1, -0.05) is 26.0 Å². The number of nitro benzene ring substituents is 1. The van der Waals surface area contributed by atoms with Gasteiger partial charge in [-0.25, -0.2) is 4.79 Å². The Balaban J connectivity index is 2.46. The van der Waals surface area contributed by atoms with Crippen LogP contribution in [0.4, 0.5) is 11.4 Å². The maximum absolute atomic E-state index is 12.5. The zero-order chi connectivity index (χ0) is 19.4. The van der Waals surface area contributed by atoms with Crippen LogP contribution in [0.5, 0.6) is 0 Å². The minimum Gasteiger partial charge on any atom is -0.478 e. The van der Waals surface area contributed by atoms with Crippen LogP contribution in [0.25, 0.3) is 0 Å². The quantitative estimate of drug-likeness (QED) is 0.464. The smallest absolute Gasteiger partial charge is 0.336 e. The van der Waals surface area contributed by atoms with Crippen LogP contribution in [-0.2, 0) is 0 Å². The molecule has 1 amide bonds. The SMILES string of the molecule is CC(C)C(=O)c1cc([N+](=O)[O-])ccc1NC(=O)c1ccccc1C(=O)O. The van der Waals surface area contributed by atoms with Gasteiger partial charge < -0.3 is 10.4 Å². The highest BCUT2D eigenvalue weighted by Gasteiger charge is 2.22. The molecule has 0 unspecified atom stereocenters. The summed E-state index contributed by atoms with van der Waals surface area (Å²) in [5.41, 5.74) is -0.474. The van der Waals surface area contributed by atoms with Gasteiger partial charge in [0, 0.05) is 23.6 Å². The van der Waals surface area contributed by atoms with E-state index in [1.165, 1.54) is 30.3 Å². The fourth-order valence-corrected chi connectivity index (χ4v) is 2.33. The summed E-state index contributed by atoms with van der Waals surface area (Å²) < 4.78 is 0. The van der Waals surface area contributed by atoms with E-state index in [4.69, 9.17) is 0 Å². The third-order valence-electron chi connectivity index (χ3n) is 3.65. The second kappa shape index (κ2) is 7.56. The summed E-state index contributed by atoms with van der Waals surface area (Å²) in [5.74, 6) is -2.82. The number of carboxylic acids is 1. The first-order valence-corrected chi connectivity index (χ1v) is 7.68. The molecule has 8 nitrogen and oxygen atoms in total. The molecule has 0 radical (unpaired) electrons. The number of amides is 1. The van der Waals surface area contributed by atoms with Gasteiger partial charge in [-0.2, -0.15) is 0 Å². The number of nitrogens with zero attached hydrogens (tertiary/aromatic N) is 1. The van der Waals surface area contributed by atoms with Crippen molar-refractivity contribution >= 4 is 29.0 Å². The predicted octanol–water partition coefficient (Wildman–Crippen LogP) is 3.38. The van der Waals surface area contributed by atoms with E-state index in [1.807, 2.05) is 0 Å². The minimum absolute atomic E-state index is 0.00430. The summed E-state index contributed by atoms with van der Waals surface area (Å²) in [6, 6.07) is 9.14. The lowest BCUT2D eigenvalue weighted by Gasteiger charge is -2.13. The lowest BCUT2D eigenvalue weighted by atomic mass is 9.98. The number of ketones is 1. The van der Waals surface area contributed by atoms with E-state index in [0.29, 0.717) is 0 Å². The Bertz CT molecular complexity index is 904. The van der Waals surface area contributed by atoms with Crippen molar-refractivity contribution in [2.75, 3.05) is 5.32 Å². The molecule has 8 heteroatoms. The third kappa shape index (κ3) is 3.92. The molecule has 0 heterocycles. The van der Waals surface area contributed by atoms with E-state index in [0.717, 1.165) is 12.1 Å². The first-order valence-electron chi connectivity index (χ1n) is 7.68. The normalized spacial score (nSPS) is 10.4. The topological polar surface area (TPSA) is 127 Å². The molecule has 0 aliphatic heterocycles. The van der Waals surface area contributed by atoms with Gasteiger partial charge in [0.1, 0.15) is 0 Å². The predicted molar refractivity (Wildman–Crippen MR) is 93.6 cm³/mol. The molecule has 2 aromatic rings. The first kappa shape index (κ1) is 18.8. The Kier molecular flexibility index (Phi) is 5.46. The lowest BCUT2D eigenvalue weighted by Crippen LogP contribution is -2.19. The first-order chi connectivity index (χ1) is 12.2. The fourth-order valence-electron chi connectivity index (χ4n) is 2.33. The van der Waals surface area contributed by atoms with Crippen LogP contribution in [-0.4, -0.2) is 27.7 Å². The average molecular weight is 356 g/mol. The number of benzene rings is 2. The van der Waals surface area contributed by atoms with Crippen molar-refractivity contribution in [2.24, 2.45) is 5.92 Å². The highest BCUT2D eigenvalue weighted by Crippen LogP contribution is 2.25. The Morgan fingerprint density at radius 1 is 1.04 bits per heavy atom. The largest absolute Gasteiger partial charge is 0.478 e. The van der Waals surface area contributed by atoms with E-state index in [1.54, 1.807) is 13.8 Å². The van der Waals surface area contributed by atoms with Gasteiger partial charge in [0.05, 0.1) is 21.7 Å². The second-order valence-corrected chi connectivity index (χ2v) is 5.81. The number of nitrogens with one attached hydrogen (secondary N) is 1. The van der Waals surface area contributed by atoms with Crippen LogP contribution in [0.2, 0.25) is 0 Å². The minimum atomic E-state index is -1.27. The number of carbonyl (C=O) groups is 3. The second-order valence-electron chi connectivity index (χ2n) is 5.81. The van der Waals surface area contributed by atoms with Crippen molar-refractivity contribution in [2.45, 2.75) is 13.8 Å². The molecule has 134 valence electrons. The van der Waals surface area contributed by atoms with E-state index in [2.05, 4.69) is 5.32 Å². The van der Waals surface area contributed by atoms with Crippen molar-refractivity contribution in [1.29, 1.82) is 0 Å². The molecular weight excluding hydrogens is 340 g/mol. The monoisotopic (exact) mass is 356 g/mol. The van der Waals surface area contributed by atoms with E-state index in [9.17, 15) is 29.6 Å². The van der Waals surface area contributed by atoms with Gasteiger partial charge in [-0.3, -0.25) is 19.7 Å². The molecule has 0 spiro atoms. The van der Waals surface area contributed by atoms with Crippen LogP contribution < -0.4 is 5.32 Å². The Morgan fingerprint density at radius 3 is 2.19 bits per heavy atom. The van der Waals surface area contributed by atoms with Gasteiger partial charge >= 0.3 is 5.97 Å². The van der Waals surface area contributed by atoms with E-state index >= 15 is 0 Å². The van der Waals surface area contributed by atoms with Crippen molar-refractivity contribution in [1.82, 2.24) is 0 Å². The van der Waals surface area contributed by atoms with Crippen LogP contribution >= 0.6 is 0 Å². The molecule has 0 aromatic heterocycles.